The molecule has 20 nitrogen and oxygen atoms in total. The van der Waals surface area contributed by atoms with E-state index in [2.05, 4.69) is 40.8 Å². The number of nitrogens with zero attached hydrogens (tertiary/aromatic N) is 5. The van der Waals surface area contributed by atoms with Crippen molar-refractivity contribution in [1.82, 2.24) is 19.9 Å². The van der Waals surface area contributed by atoms with Crippen LogP contribution in [0, 0.1) is 6.92 Å². The summed E-state index contributed by atoms with van der Waals surface area (Å²) in [4.78, 5) is 43.1. The zero-order chi connectivity index (χ0) is 42.6. The molecular weight excluding hydrogens is 876 g/mol. The maximum absolute atomic E-state index is 14.0. The summed E-state index contributed by atoms with van der Waals surface area (Å²) in [6.07, 6.45) is 0.711. The van der Waals surface area contributed by atoms with E-state index >= 15 is 0 Å². The standard InChI is InChI=1S/C34H23ClN8O12S4/c1-15-10-24-22(14-25(15)58(50,51)52)37-30(56-24)16-6-8-18(9-7-16)36-33-39-32(35)40-34(41-33)38-23-13-19(57(47,48)49)11-17-12-26(59(53,54)55)28(29(44)27(17)23)43-42-21-5-3-2-4-20(21)31(45)46/h2-14,42H,1H3,(H,45,46)(H,47,48,49)(H,50,51,52)(H,53,54,55)(H2,36,38,39,40,41)/b43-28-. The molecule has 0 atom stereocenters. The zero-order valence-electron chi connectivity index (χ0n) is 29.3. The first-order valence-electron chi connectivity index (χ1n) is 16.2. The fourth-order valence-electron chi connectivity index (χ4n) is 5.72. The molecule has 2 heterocycles. The number of fused-ring (bicyclic) bond motifs is 2. The van der Waals surface area contributed by atoms with E-state index in [1.165, 1.54) is 41.7 Å². The van der Waals surface area contributed by atoms with Crippen LogP contribution >= 0.6 is 22.9 Å². The number of carboxylic acids is 1. The summed E-state index contributed by atoms with van der Waals surface area (Å²) in [7, 11) is -14.7. The van der Waals surface area contributed by atoms with Gasteiger partial charge in [-0.15, -0.1) is 11.3 Å². The van der Waals surface area contributed by atoms with Crippen molar-refractivity contribution in [2.24, 2.45) is 10.1 Å². The maximum Gasteiger partial charge on any atom is 0.337 e. The number of halogens is 1. The van der Waals surface area contributed by atoms with Gasteiger partial charge in [0.1, 0.15) is 9.91 Å². The number of carbonyl (C=O) groups is 2. The molecule has 7 rings (SSSR count). The SMILES string of the molecule is Cc1cc2sc(-c3ccc(Nc4nc(Cl)[nH]c(=Nc5cc(S(=O)(=O)O)cc6c5C(=O)/C(=N\Nc5ccccc5C(=O)O)C(S(=O)(=O)O)=C6)n4)cc3)nc2cc1S(=O)(=O)O. The summed E-state index contributed by atoms with van der Waals surface area (Å²) >= 11 is 7.53. The lowest BCUT2D eigenvalue weighted by atomic mass is 9.93. The summed E-state index contributed by atoms with van der Waals surface area (Å²) in [6.45, 7) is 1.55. The molecule has 0 bridgehead atoms. The van der Waals surface area contributed by atoms with Crippen LogP contribution < -0.4 is 16.4 Å². The minimum atomic E-state index is -5.25. The number of aromatic carboxylic acids is 1. The van der Waals surface area contributed by atoms with Crippen molar-refractivity contribution < 1.29 is 53.6 Å². The third-order valence-corrected chi connectivity index (χ3v) is 12.3. The van der Waals surface area contributed by atoms with Gasteiger partial charge in [0.2, 0.25) is 22.6 Å². The smallest absolute Gasteiger partial charge is 0.337 e. The predicted octanol–water partition coefficient (Wildman–Crippen LogP) is 5.10. The number of aromatic nitrogens is 4. The van der Waals surface area contributed by atoms with E-state index < -0.39 is 74.4 Å². The number of ketones is 1. The van der Waals surface area contributed by atoms with E-state index in [0.29, 0.717) is 38.1 Å². The predicted molar refractivity (Wildman–Crippen MR) is 214 cm³/mol. The number of para-hydroxylation sites is 1. The van der Waals surface area contributed by atoms with Crippen LogP contribution in [-0.2, 0) is 30.4 Å². The first-order valence-corrected chi connectivity index (χ1v) is 21.7. The largest absolute Gasteiger partial charge is 0.478 e. The normalized spacial score (nSPS) is 14.3. The minimum absolute atomic E-state index is 0.156. The molecule has 0 aliphatic heterocycles. The highest BCUT2D eigenvalue weighted by Gasteiger charge is 2.36. The molecule has 0 fully saturated rings. The van der Waals surface area contributed by atoms with E-state index in [9.17, 15) is 53.6 Å². The fourth-order valence-corrected chi connectivity index (χ4v) is 8.86. The Morgan fingerprint density at radius 3 is 2.25 bits per heavy atom. The Morgan fingerprint density at radius 1 is 0.881 bits per heavy atom. The van der Waals surface area contributed by atoms with Gasteiger partial charge in [0.05, 0.1) is 42.5 Å². The number of hydrogen-bond acceptors (Lipinski definition) is 16. The lowest BCUT2D eigenvalue weighted by molar-refractivity contribution is 0.0697. The molecule has 0 spiro atoms. The van der Waals surface area contributed by atoms with Gasteiger partial charge < -0.3 is 10.4 Å². The number of rotatable bonds is 10. The molecule has 7 N–H and O–H groups in total. The van der Waals surface area contributed by atoms with Gasteiger partial charge in [0.25, 0.3) is 30.4 Å². The Balaban J connectivity index is 1.26. The highest BCUT2D eigenvalue weighted by atomic mass is 35.5. The number of carboxylic acid groups (broad SMARTS) is 1. The number of hydrazone groups is 1. The van der Waals surface area contributed by atoms with Crippen LogP contribution in [0.3, 0.4) is 0 Å². The molecular formula is C34H23ClN8O12S4. The van der Waals surface area contributed by atoms with E-state index in [4.69, 9.17) is 11.6 Å². The van der Waals surface area contributed by atoms with Gasteiger partial charge in [-0.3, -0.25) is 28.9 Å². The van der Waals surface area contributed by atoms with E-state index in [0.717, 1.165) is 12.1 Å². The van der Waals surface area contributed by atoms with E-state index in [-0.39, 0.29) is 33.0 Å². The zero-order valence-corrected chi connectivity index (χ0v) is 33.3. The summed E-state index contributed by atoms with van der Waals surface area (Å²) in [6, 6.07) is 16.4. The summed E-state index contributed by atoms with van der Waals surface area (Å²) < 4.78 is 103. The molecule has 4 aromatic carbocycles. The number of benzene rings is 4. The van der Waals surface area contributed by atoms with E-state index in [1.807, 2.05) is 0 Å². The Labute approximate surface area is 341 Å². The summed E-state index contributed by atoms with van der Waals surface area (Å²) in [5.41, 5.74) is 0.954. The Morgan fingerprint density at radius 2 is 1.59 bits per heavy atom. The first-order chi connectivity index (χ1) is 27.7. The third kappa shape index (κ3) is 8.64. The molecule has 0 radical (unpaired) electrons. The van der Waals surface area contributed by atoms with Crippen LogP contribution in [0.4, 0.5) is 23.0 Å². The second-order valence-corrected chi connectivity index (χ2v) is 17.9. The van der Waals surface area contributed by atoms with Crippen LogP contribution in [0.5, 0.6) is 0 Å². The van der Waals surface area contributed by atoms with Crippen molar-refractivity contribution in [3.8, 4) is 10.6 Å². The topological polar surface area (TPSA) is 321 Å². The van der Waals surface area contributed by atoms with Gasteiger partial charge in [-0.1, -0.05) is 12.1 Å². The molecule has 6 aromatic rings. The molecule has 25 heteroatoms. The number of H-pyrrole nitrogens is 1. The molecule has 0 unspecified atom stereocenters. The molecule has 1 aliphatic carbocycles. The minimum Gasteiger partial charge on any atom is -0.478 e. The lowest BCUT2D eigenvalue weighted by Gasteiger charge is -2.18. The van der Waals surface area contributed by atoms with Crippen molar-refractivity contribution in [3.05, 3.63) is 111 Å². The summed E-state index contributed by atoms with van der Waals surface area (Å²) in [5.74, 6) is -2.77. The Kier molecular flexibility index (Phi) is 10.5. The van der Waals surface area contributed by atoms with Gasteiger partial charge >= 0.3 is 5.97 Å². The van der Waals surface area contributed by atoms with Crippen molar-refractivity contribution in [1.29, 1.82) is 0 Å². The molecule has 0 amide bonds. The van der Waals surface area contributed by atoms with Gasteiger partial charge in [-0.25, -0.2) is 14.8 Å². The highest BCUT2D eigenvalue weighted by molar-refractivity contribution is 7.91. The molecule has 59 heavy (non-hydrogen) atoms. The number of anilines is 3. The molecule has 302 valence electrons. The number of Topliss-reactive ketones (excluding diaryl/α,β-unsaturated/α-hetero) is 1. The van der Waals surface area contributed by atoms with E-state index in [1.54, 1.807) is 37.3 Å². The van der Waals surface area contributed by atoms with Crippen LogP contribution in [0.15, 0.2) is 97.6 Å². The number of carbonyl (C=O) groups excluding carboxylic acids is 1. The Hall–Kier alpha value is -6.25. The molecule has 0 saturated heterocycles. The number of nitrogens with one attached hydrogen (secondary N) is 3. The van der Waals surface area contributed by atoms with Crippen LogP contribution in [0.1, 0.15) is 31.8 Å². The van der Waals surface area contributed by atoms with Gasteiger partial charge in [-0.2, -0.15) is 40.3 Å². The second kappa shape index (κ2) is 15.2. The fraction of sp³-hybridized carbons (Fsp3) is 0.0294. The number of aryl methyl sites for hydroxylation is 1. The molecule has 0 saturated carbocycles. The third-order valence-electron chi connectivity index (χ3n) is 8.31. The first kappa shape index (κ1) is 40.9. The molecule has 1 aliphatic rings. The Bertz CT molecular complexity index is 3280. The number of thiazole rings is 1. The highest BCUT2D eigenvalue weighted by Crippen LogP contribution is 2.36. The van der Waals surface area contributed by atoms with Gasteiger partial charge in [0.15, 0.2) is 5.71 Å². The van der Waals surface area contributed by atoms with Crippen molar-refractivity contribution in [3.63, 3.8) is 0 Å². The van der Waals surface area contributed by atoms with Crippen molar-refractivity contribution >= 4 is 110 Å². The number of allylic oxidation sites excluding steroid dienone is 1. The second-order valence-electron chi connectivity index (χ2n) is 12.3. The van der Waals surface area contributed by atoms with Crippen molar-refractivity contribution in [2.45, 2.75) is 16.7 Å². The number of aromatic amines is 1. The van der Waals surface area contributed by atoms with Crippen LogP contribution in [0.25, 0.3) is 26.9 Å². The average molecular weight is 899 g/mol. The van der Waals surface area contributed by atoms with Gasteiger partial charge in [-0.05, 0) is 96.4 Å². The monoisotopic (exact) mass is 898 g/mol. The van der Waals surface area contributed by atoms with Gasteiger partial charge in [0, 0.05) is 11.3 Å². The molecule has 2 aromatic heterocycles. The van der Waals surface area contributed by atoms with Crippen LogP contribution in [0.2, 0.25) is 5.28 Å². The summed E-state index contributed by atoms with van der Waals surface area (Å²) in [5, 5.41) is 16.5. The quantitative estimate of drug-likeness (QED) is 0.0694. The number of hydrogen-bond donors (Lipinski definition) is 7. The van der Waals surface area contributed by atoms with Crippen LogP contribution in [-0.4, -0.2) is 81.4 Å². The average Bonchev–Trinajstić information content (AvgIpc) is 3.55. The van der Waals surface area contributed by atoms with Crippen molar-refractivity contribution in [2.75, 3.05) is 10.7 Å². The lowest BCUT2D eigenvalue weighted by Crippen LogP contribution is -2.28. The maximum atomic E-state index is 14.0.